The maximum Gasteiger partial charge on any atom is 0.480 e. The molecule has 0 spiro atoms. The first-order valence-corrected chi connectivity index (χ1v) is 47.9. The molecule has 6 aromatic rings. The molecule has 0 radical (unpaired) electrons. The Hall–Kier alpha value is -9.56. The van der Waals surface area contributed by atoms with Crippen molar-refractivity contribution in [3.05, 3.63) is 193 Å². The summed E-state index contributed by atoms with van der Waals surface area (Å²) >= 11 is 0. The molecule has 0 saturated carbocycles. The summed E-state index contributed by atoms with van der Waals surface area (Å²) in [6.07, 6.45) is 13.6. The fourth-order valence-electron chi connectivity index (χ4n) is 16.1. The van der Waals surface area contributed by atoms with Gasteiger partial charge in [-0.25, -0.2) is 27.7 Å². The first kappa shape index (κ1) is 113. The Balaban J connectivity index is 0.000000217. The standard InChI is InChI=1S/C15H21BN2O4.C15H21BN2O3.C15H20BNO5.C13H18BNO5S.C13H18BNO3.C12H17BN2O3.C9H17BO4/c1-11(19)9-13-7-8-14(16(21)22-13)18-15(20)17-10-12-5-3-2-4-6-12;1-11(19)9-13-7-8-14(16(20)21-13)18-15(17)10-12-5-3-2-4-6-12;1-11(18)9-13-7-8-14(16(20)22-13)17-15(19)21-10-12-5-3-2-4-6-12;1-10(16)9-11-7-8-13(14(17)20-11)15-21(18,19)12-5-3-2-4-6-12;1-10(16)8-13-6-5-11(14(17)18-13)9-12-4-2-3-7-15-12;1-9(16)8-10-5-6-11(13(17)18-10)15-12-4-2-3-7-14-12;1-6(11)5-8-3-4-9(7(2)12)10(13)14-8/h2-6,13-14,21H,7-10H2,1H3,(H2,17,18,20);2-6,13-14,20H,7-10H2,1H3,(H2,17,18);2-6,13-14,20H,7-10H2,1H3,(H,17,19);2-6,11,13,15,17H,7-9H2,1H3;2-4,7,11,13,17H,5-6,8-9H2,1H3;2-4,7,10-11,17H,5-6,8H2,1H3,(H,14,15);7-9,12-13H,3-5H2,1-2H3/t3*13-,14-;11-,13-;11-,13+;10-,11-;7-,8+,9+/m0000101/s1. The number of hydrogen-bond acceptors (Lipinski definition) is 31. The van der Waals surface area contributed by atoms with E-state index in [0.717, 1.165) is 66.7 Å². The number of aliphatic hydroxyl groups excluding tert-OH is 1. The number of anilines is 1. The maximum atomic E-state index is 12.2. The molecule has 15 atom stereocenters. The molecule has 4 aromatic carbocycles. The maximum absolute atomic E-state index is 12.2. The lowest BCUT2D eigenvalue weighted by Gasteiger charge is -2.32. The number of alkyl carbamates (subject to hydrolysis) is 1. The van der Waals surface area contributed by atoms with Crippen molar-refractivity contribution in [3.63, 3.8) is 0 Å². The predicted molar refractivity (Wildman–Crippen MR) is 516 cm³/mol. The number of hydrogen-bond donors (Lipinski definition) is 14. The summed E-state index contributed by atoms with van der Waals surface area (Å²) in [5.74, 6) is -0.806. The van der Waals surface area contributed by atoms with Crippen molar-refractivity contribution in [1.82, 2.24) is 30.6 Å². The van der Waals surface area contributed by atoms with E-state index in [-0.39, 0.29) is 137 Å². The number of amides is 3. The summed E-state index contributed by atoms with van der Waals surface area (Å²) in [5, 5.41) is 89.5. The fraction of sp³-hybridized carbons (Fsp3) is 0.522. The topological polar surface area (TPSA) is 548 Å². The molecule has 13 rings (SSSR count). The Bertz CT molecular complexity index is 4590. The van der Waals surface area contributed by atoms with E-state index in [2.05, 4.69) is 40.9 Å². The van der Waals surface area contributed by atoms with E-state index in [1.807, 2.05) is 127 Å². The van der Waals surface area contributed by atoms with Gasteiger partial charge >= 0.3 is 62.0 Å². The highest BCUT2D eigenvalue weighted by Crippen LogP contribution is 2.33. The van der Waals surface area contributed by atoms with Gasteiger partial charge in [-0.2, -0.15) is 0 Å². The average molecular weight is 1900 g/mol. The third-order valence-corrected chi connectivity index (χ3v) is 24.4. The lowest BCUT2D eigenvalue weighted by Crippen LogP contribution is -2.54. The van der Waals surface area contributed by atoms with Gasteiger partial charge < -0.3 is 105 Å². The van der Waals surface area contributed by atoms with Crippen LogP contribution in [0.1, 0.15) is 213 Å². The number of carbonyl (C=O) groups excluding carboxylic acids is 9. The number of urea groups is 1. The number of pyridine rings is 2. The van der Waals surface area contributed by atoms with Crippen molar-refractivity contribution < 1.29 is 129 Å². The van der Waals surface area contributed by atoms with E-state index in [4.69, 9.17) is 43.1 Å². The van der Waals surface area contributed by atoms with Crippen LogP contribution in [0.3, 0.4) is 0 Å². The monoisotopic (exact) mass is 1900 g/mol. The van der Waals surface area contributed by atoms with E-state index in [1.54, 1.807) is 44.4 Å². The summed E-state index contributed by atoms with van der Waals surface area (Å²) in [4.78, 5) is 114. The number of benzene rings is 4. The number of nitrogens with zero attached hydrogens (tertiary/aromatic N) is 3. The number of ketones is 7. The van der Waals surface area contributed by atoms with E-state index in [1.165, 1.54) is 53.7 Å². The molecule has 7 aliphatic rings. The Labute approximate surface area is 799 Å². The molecule has 44 heteroatoms. The molecule has 7 fully saturated rings. The van der Waals surface area contributed by atoms with Crippen molar-refractivity contribution in [3.8, 4) is 0 Å². The second-order valence-corrected chi connectivity index (χ2v) is 36.9. The minimum absolute atomic E-state index is 0.0180. The smallest absolute Gasteiger partial charge is 0.445 e. The van der Waals surface area contributed by atoms with Gasteiger partial charge in [0, 0.05) is 125 Å². The summed E-state index contributed by atoms with van der Waals surface area (Å²) in [7, 11) is -10.8. The zero-order chi connectivity index (χ0) is 99.2. The van der Waals surface area contributed by atoms with Gasteiger partial charge in [0.15, 0.2) is 0 Å². The zero-order valence-corrected chi connectivity index (χ0v) is 79.5. The second-order valence-electron chi connectivity index (χ2n) is 35.2. The number of carbonyl (C=O) groups is 9. The largest absolute Gasteiger partial charge is 0.480 e. The summed E-state index contributed by atoms with van der Waals surface area (Å²) in [6.45, 7) is 12.8. The van der Waals surface area contributed by atoms with E-state index in [9.17, 15) is 91.8 Å². The van der Waals surface area contributed by atoms with Crippen LogP contribution in [0, 0.1) is 0 Å². The van der Waals surface area contributed by atoms with E-state index >= 15 is 0 Å². The molecule has 734 valence electrons. The van der Waals surface area contributed by atoms with Gasteiger partial charge in [-0.3, -0.25) is 43.5 Å². The molecule has 2 aromatic heterocycles. The molecule has 0 unspecified atom stereocenters. The minimum Gasteiger partial charge on any atom is -0.445 e. The number of Topliss-reactive ketones (excluding diaryl/α,β-unsaturated/α-hetero) is 7. The zero-order valence-electron chi connectivity index (χ0n) is 78.7. The predicted octanol–water partition coefficient (Wildman–Crippen LogP) is 7.18. The number of rotatable bonds is 31. The minimum atomic E-state index is -3.69. The van der Waals surface area contributed by atoms with Crippen LogP contribution in [0.15, 0.2) is 180 Å². The van der Waals surface area contributed by atoms with Crippen molar-refractivity contribution in [2.45, 2.75) is 311 Å². The first-order chi connectivity index (χ1) is 64.8. The summed E-state index contributed by atoms with van der Waals surface area (Å²) in [5.41, 5.74) is 9.88. The highest BCUT2D eigenvalue weighted by Gasteiger charge is 2.43. The van der Waals surface area contributed by atoms with Gasteiger partial charge in [-0.05, 0) is 211 Å². The molecule has 36 nitrogen and oxygen atoms in total. The van der Waals surface area contributed by atoms with Crippen LogP contribution in [0.5, 0.6) is 0 Å². The van der Waals surface area contributed by atoms with Crippen molar-refractivity contribution >= 4 is 124 Å². The average Bonchev–Trinajstić information content (AvgIpc) is 0.822. The number of nitrogens with one attached hydrogen (secondary N) is 5. The Kier molecular flexibility index (Phi) is 50.3. The number of ether oxygens (including phenoxy) is 1. The molecule has 0 aliphatic carbocycles. The van der Waals surface area contributed by atoms with Crippen molar-refractivity contribution in [2.24, 2.45) is 10.7 Å². The van der Waals surface area contributed by atoms with Gasteiger partial charge in [0.2, 0.25) is 10.0 Å². The Morgan fingerprint density at radius 3 is 1.21 bits per heavy atom. The van der Waals surface area contributed by atoms with E-state index in [0.29, 0.717) is 109 Å². The molecular formula is C92H132B7N9O27S. The van der Waals surface area contributed by atoms with E-state index < -0.39 is 89.9 Å². The van der Waals surface area contributed by atoms with Crippen LogP contribution >= 0.6 is 0 Å². The summed E-state index contributed by atoms with van der Waals surface area (Å²) in [6, 6.07) is 47.7. The lowest BCUT2D eigenvalue weighted by molar-refractivity contribution is -0.120. The van der Waals surface area contributed by atoms with Crippen LogP contribution in [0.25, 0.3) is 0 Å². The van der Waals surface area contributed by atoms with Gasteiger partial charge in [0.1, 0.15) is 52.9 Å². The molecule has 3 amide bonds. The molecule has 0 bridgehead atoms. The lowest BCUT2D eigenvalue weighted by atomic mass is 9.64. The highest BCUT2D eigenvalue weighted by molar-refractivity contribution is 7.89. The highest BCUT2D eigenvalue weighted by atomic mass is 32.2. The third-order valence-electron chi connectivity index (χ3n) is 22.9. The normalized spacial score (nSPS) is 23.4. The van der Waals surface area contributed by atoms with Crippen molar-refractivity contribution in [1.29, 1.82) is 0 Å². The van der Waals surface area contributed by atoms with Crippen LogP contribution in [-0.2, 0) is 107 Å². The van der Waals surface area contributed by atoms with Gasteiger partial charge in [0.25, 0.3) is 0 Å². The number of aliphatic imine (C=N–C) groups is 1. The molecule has 7 saturated heterocycles. The fourth-order valence-corrected chi connectivity index (χ4v) is 17.3. The van der Waals surface area contributed by atoms with Gasteiger partial charge in [-0.15, -0.1) is 0 Å². The first-order valence-electron chi connectivity index (χ1n) is 46.4. The second kappa shape index (κ2) is 60.3. The summed E-state index contributed by atoms with van der Waals surface area (Å²) < 4.78 is 69.5. The SMILES string of the molecule is CC(=O)C[C@@H]1CC[C@@H]([C@@H](C)O)B(O)O1.CC(=O)C[C@@H]1CC[C@H](Cc2ccccn2)B(O)O1.CC(=O)C[C@@H]1CC[C@H](N=C(N)Cc2ccccc2)B(O)O1.CC(=O)C[C@@H]1CC[C@H](NC(=O)NCc2ccccc2)B(O)O1.CC(=O)C[C@@H]1CC[C@H](NC(=O)OCc2ccccc2)B(O)O1.CC(=O)C[C@@H]1CC[C@H](NS(=O)(=O)c2ccccc2)B(O)O1.CC(=O)C[C@@H]1CC[C@H](Nc2ccccn2)B(O)O1. The van der Waals surface area contributed by atoms with Crippen molar-refractivity contribution in [2.75, 3.05) is 5.32 Å². The number of aliphatic hydroxyl groups is 1. The number of sulfonamides is 1. The van der Waals surface area contributed by atoms with Crippen LogP contribution in [-0.4, -0.2) is 245 Å². The number of nitrogens with two attached hydrogens (primary N) is 1. The quantitative estimate of drug-likeness (QED) is 0.0116. The van der Waals surface area contributed by atoms with Crippen LogP contribution < -0.4 is 31.7 Å². The molecule has 15 N–H and O–H groups in total. The Morgan fingerprint density at radius 1 is 0.426 bits per heavy atom. The molecule has 7 aliphatic heterocycles. The van der Waals surface area contributed by atoms with Gasteiger partial charge in [0.05, 0.1) is 46.5 Å². The van der Waals surface area contributed by atoms with Crippen LogP contribution in [0.4, 0.5) is 15.4 Å². The Morgan fingerprint density at radius 2 is 0.801 bits per heavy atom. The number of aromatic nitrogens is 2. The molecule has 136 heavy (non-hydrogen) atoms. The van der Waals surface area contributed by atoms with Gasteiger partial charge in [-0.1, -0.05) is 121 Å². The molecule has 9 heterocycles. The third kappa shape index (κ3) is 44.5. The number of amidine groups is 1. The van der Waals surface area contributed by atoms with Crippen LogP contribution in [0.2, 0.25) is 11.6 Å². The molecular weight excluding hydrogens is 1770 g/mol.